The topological polar surface area (TPSA) is 74.0 Å². The second-order valence-corrected chi connectivity index (χ2v) is 2.48. The standard InChI is InChI=1S/C7H4N2O2S/c8-1-4-5(7(10)11)2-9-3-6(4)12/h2-3,12H,(H,10,11). The van der Waals surface area contributed by atoms with E-state index in [2.05, 4.69) is 17.6 Å². The van der Waals surface area contributed by atoms with Crippen LogP contribution < -0.4 is 0 Å². The van der Waals surface area contributed by atoms with Gasteiger partial charge in [0, 0.05) is 17.3 Å². The Hall–Kier alpha value is -1.54. The van der Waals surface area contributed by atoms with E-state index in [0.717, 1.165) is 6.20 Å². The predicted octanol–water partition coefficient (Wildman–Crippen LogP) is 0.940. The summed E-state index contributed by atoms with van der Waals surface area (Å²) < 4.78 is 0. The lowest BCUT2D eigenvalue weighted by atomic mass is 10.1. The van der Waals surface area contributed by atoms with Crippen molar-refractivity contribution in [1.82, 2.24) is 4.98 Å². The number of aromatic carboxylic acids is 1. The van der Waals surface area contributed by atoms with Gasteiger partial charge in [-0.3, -0.25) is 4.98 Å². The zero-order chi connectivity index (χ0) is 9.14. The van der Waals surface area contributed by atoms with Crippen molar-refractivity contribution in [3.8, 4) is 6.07 Å². The molecule has 5 heteroatoms. The van der Waals surface area contributed by atoms with Crippen LogP contribution in [0.1, 0.15) is 15.9 Å². The van der Waals surface area contributed by atoms with Gasteiger partial charge in [-0.2, -0.15) is 5.26 Å². The van der Waals surface area contributed by atoms with Crippen molar-refractivity contribution >= 4 is 18.6 Å². The summed E-state index contributed by atoms with van der Waals surface area (Å²) in [6.45, 7) is 0. The molecular formula is C7H4N2O2S. The van der Waals surface area contributed by atoms with Crippen LogP contribution in [0.4, 0.5) is 0 Å². The molecule has 0 radical (unpaired) electrons. The van der Waals surface area contributed by atoms with Gasteiger partial charge in [0.25, 0.3) is 0 Å². The Morgan fingerprint density at radius 1 is 1.67 bits per heavy atom. The van der Waals surface area contributed by atoms with E-state index < -0.39 is 5.97 Å². The molecule has 0 saturated carbocycles. The lowest BCUT2D eigenvalue weighted by molar-refractivity contribution is 0.0696. The minimum atomic E-state index is -1.17. The third-order valence-corrected chi connectivity index (χ3v) is 1.61. The Balaban J connectivity index is 3.40. The molecule has 0 saturated heterocycles. The van der Waals surface area contributed by atoms with Crippen molar-refractivity contribution in [1.29, 1.82) is 5.26 Å². The van der Waals surface area contributed by atoms with Gasteiger partial charge in [-0.15, -0.1) is 12.6 Å². The molecule has 0 aliphatic heterocycles. The van der Waals surface area contributed by atoms with Gasteiger partial charge in [0.05, 0.1) is 11.1 Å². The maximum Gasteiger partial charge on any atom is 0.338 e. The summed E-state index contributed by atoms with van der Waals surface area (Å²) in [6, 6.07) is 1.75. The number of carboxylic acids is 1. The molecule has 1 heterocycles. The number of carbonyl (C=O) groups is 1. The second-order valence-electron chi connectivity index (χ2n) is 2.00. The molecule has 4 nitrogen and oxygen atoms in total. The first-order chi connectivity index (χ1) is 5.66. The fraction of sp³-hybridized carbons (Fsp3) is 0. The zero-order valence-corrected chi connectivity index (χ0v) is 6.75. The van der Waals surface area contributed by atoms with E-state index in [4.69, 9.17) is 10.4 Å². The Morgan fingerprint density at radius 2 is 2.33 bits per heavy atom. The summed E-state index contributed by atoms with van der Waals surface area (Å²) in [4.78, 5) is 14.4. The van der Waals surface area contributed by atoms with Crippen molar-refractivity contribution < 1.29 is 9.90 Å². The fourth-order valence-corrected chi connectivity index (χ4v) is 0.966. The number of hydrogen-bond donors (Lipinski definition) is 2. The first kappa shape index (κ1) is 8.56. The summed E-state index contributed by atoms with van der Waals surface area (Å²) in [7, 11) is 0. The normalized spacial score (nSPS) is 9.00. The van der Waals surface area contributed by atoms with E-state index in [1.165, 1.54) is 6.20 Å². The molecule has 1 aromatic rings. The molecule has 0 unspecified atom stereocenters. The molecule has 0 aliphatic carbocycles. The summed E-state index contributed by atoms with van der Waals surface area (Å²) in [6.07, 6.45) is 2.45. The quantitative estimate of drug-likeness (QED) is 0.631. The monoisotopic (exact) mass is 180 g/mol. The maximum atomic E-state index is 10.5. The molecule has 0 amide bonds. The predicted molar refractivity (Wildman–Crippen MR) is 43.2 cm³/mol. The molecule has 0 aromatic carbocycles. The summed E-state index contributed by atoms with van der Waals surface area (Å²) in [5.74, 6) is -1.17. The molecule has 1 aromatic heterocycles. The molecule has 60 valence electrons. The largest absolute Gasteiger partial charge is 0.478 e. The Bertz CT molecular complexity index is 370. The third kappa shape index (κ3) is 1.38. The highest BCUT2D eigenvalue weighted by Gasteiger charge is 2.11. The van der Waals surface area contributed by atoms with Crippen molar-refractivity contribution in [2.75, 3.05) is 0 Å². The number of pyridine rings is 1. The minimum absolute atomic E-state index is 0.0424. The average Bonchev–Trinajstić information content (AvgIpc) is 2.03. The van der Waals surface area contributed by atoms with Gasteiger partial charge < -0.3 is 5.11 Å². The van der Waals surface area contributed by atoms with Gasteiger partial charge in [-0.1, -0.05) is 0 Å². The fourth-order valence-electron chi connectivity index (χ4n) is 0.729. The molecule has 1 N–H and O–H groups in total. The van der Waals surface area contributed by atoms with Crippen LogP contribution >= 0.6 is 12.6 Å². The van der Waals surface area contributed by atoms with Gasteiger partial charge in [0.1, 0.15) is 6.07 Å². The number of thiol groups is 1. The third-order valence-electron chi connectivity index (χ3n) is 1.27. The van der Waals surface area contributed by atoms with Crippen LogP contribution in [0.15, 0.2) is 17.3 Å². The highest BCUT2D eigenvalue weighted by Crippen LogP contribution is 2.15. The first-order valence-corrected chi connectivity index (χ1v) is 3.42. The number of rotatable bonds is 1. The van der Waals surface area contributed by atoms with Crippen LogP contribution in [0, 0.1) is 11.3 Å². The minimum Gasteiger partial charge on any atom is -0.478 e. The van der Waals surface area contributed by atoms with Crippen LogP contribution in [0.3, 0.4) is 0 Å². The Labute approximate surface area is 73.9 Å². The summed E-state index contributed by atoms with van der Waals surface area (Å²) in [5.41, 5.74) is -0.0779. The molecule has 0 spiro atoms. The van der Waals surface area contributed by atoms with Gasteiger partial charge in [0.15, 0.2) is 0 Å². The molecule has 1 rings (SSSR count). The highest BCUT2D eigenvalue weighted by atomic mass is 32.1. The van der Waals surface area contributed by atoms with Crippen LogP contribution in [0.2, 0.25) is 0 Å². The van der Waals surface area contributed by atoms with E-state index in [9.17, 15) is 4.79 Å². The number of aromatic nitrogens is 1. The molecule has 0 aliphatic rings. The lowest BCUT2D eigenvalue weighted by Crippen LogP contribution is -2.01. The van der Waals surface area contributed by atoms with E-state index in [0.29, 0.717) is 0 Å². The van der Waals surface area contributed by atoms with Gasteiger partial charge in [0.2, 0.25) is 0 Å². The molecule has 0 atom stereocenters. The summed E-state index contributed by atoms with van der Waals surface area (Å²) in [5, 5.41) is 17.2. The Morgan fingerprint density at radius 3 is 2.75 bits per heavy atom. The van der Waals surface area contributed by atoms with Crippen LogP contribution in [-0.2, 0) is 0 Å². The number of hydrogen-bond acceptors (Lipinski definition) is 4. The second kappa shape index (κ2) is 3.24. The van der Waals surface area contributed by atoms with Crippen molar-refractivity contribution in [2.24, 2.45) is 0 Å². The zero-order valence-electron chi connectivity index (χ0n) is 5.85. The first-order valence-electron chi connectivity index (χ1n) is 2.97. The molecule has 12 heavy (non-hydrogen) atoms. The lowest BCUT2D eigenvalue weighted by Gasteiger charge is -1.98. The van der Waals surface area contributed by atoms with Gasteiger partial charge in [-0.25, -0.2) is 4.79 Å². The number of nitrogens with zero attached hydrogens (tertiary/aromatic N) is 2. The van der Waals surface area contributed by atoms with Crippen molar-refractivity contribution in [2.45, 2.75) is 4.90 Å². The number of carboxylic acid groups (broad SMARTS) is 1. The van der Waals surface area contributed by atoms with Gasteiger partial charge in [-0.05, 0) is 0 Å². The summed E-state index contributed by atoms with van der Waals surface area (Å²) >= 11 is 3.89. The molecule has 0 bridgehead atoms. The van der Waals surface area contributed by atoms with E-state index in [-0.39, 0.29) is 16.0 Å². The van der Waals surface area contributed by atoms with Crippen molar-refractivity contribution in [3.63, 3.8) is 0 Å². The average molecular weight is 180 g/mol. The molecule has 0 fully saturated rings. The van der Waals surface area contributed by atoms with Crippen molar-refractivity contribution in [3.05, 3.63) is 23.5 Å². The van der Waals surface area contributed by atoms with E-state index in [1.54, 1.807) is 6.07 Å². The number of nitriles is 1. The van der Waals surface area contributed by atoms with Crippen LogP contribution in [0.25, 0.3) is 0 Å². The maximum absolute atomic E-state index is 10.5. The van der Waals surface area contributed by atoms with E-state index in [1.807, 2.05) is 0 Å². The highest BCUT2D eigenvalue weighted by molar-refractivity contribution is 7.80. The Kier molecular flexibility index (Phi) is 2.31. The smallest absolute Gasteiger partial charge is 0.338 e. The van der Waals surface area contributed by atoms with Crippen LogP contribution in [0.5, 0.6) is 0 Å². The SMILES string of the molecule is N#Cc1c(S)cncc1C(=O)O. The van der Waals surface area contributed by atoms with Gasteiger partial charge >= 0.3 is 5.97 Å². The van der Waals surface area contributed by atoms with E-state index >= 15 is 0 Å². The van der Waals surface area contributed by atoms with Crippen LogP contribution in [-0.4, -0.2) is 16.1 Å². The molecular weight excluding hydrogens is 176 g/mol.